The maximum absolute atomic E-state index is 13.0. The van der Waals surface area contributed by atoms with Gasteiger partial charge in [0.25, 0.3) is 11.4 Å². The van der Waals surface area contributed by atoms with Crippen LogP contribution in [0.1, 0.15) is 30.9 Å². The van der Waals surface area contributed by atoms with Crippen molar-refractivity contribution < 1.29 is 33.7 Å². The number of nitro groups is 2. The average molecular weight is 573 g/mol. The minimum atomic E-state index is -0.916. The highest BCUT2D eigenvalue weighted by Crippen LogP contribution is 2.49. The molecule has 2 fully saturated rings. The molecule has 0 spiro atoms. The van der Waals surface area contributed by atoms with Crippen molar-refractivity contribution in [3.63, 3.8) is 0 Å². The third-order valence-electron chi connectivity index (χ3n) is 7.03. The van der Waals surface area contributed by atoms with Gasteiger partial charge in [0, 0.05) is 49.0 Å². The number of ether oxygens (including phenoxy) is 2. The van der Waals surface area contributed by atoms with Crippen molar-refractivity contribution in [2.45, 2.75) is 50.3 Å². The summed E-state index contributed by atoms with van der Waals surface area (Å²) in [6, 6.07) is 10.1. The second-order valence-corrected chi connectivity index (χ2v) is 11.3. The van der Waals surface area contributed by atoms with E-state index in [9.17, 15) is 34.6 Å². The lowest BCUT2D eigenvalue weighted by molar-refractivity contribution is -0.385. The van der Waals surface area contributed by atoms with Gasteiger partial charge in [0.1, 0.15) is 19.3 Å². The summed E-state index contributed by atoms with van der Waals surface area (Å²) in [5.41, 5.74) is 7.24. The van der Waals surface area contributed by atoms with Crippen LogP contribution < -0.4 is 5.73 Å². The Morgan fingerprint density at radius 3 is 1.98 bits per heavy atom. The van der Waals surface area contributed by atoms with Crippen LogP contribution in [0.2, 0.25) is 0 Å². The molecular formula is C26H28N4O9S. The molecule has 212 valence electrons. The maximum atomic E-state index is 13.0. The number of benzene rings is 2. The zero-order chi connectivity index (χ0) is 29.0. The van der Waals surface area contributed by atoms with Crippen molar-refractivity contribution in [3.05, 3.63) is 79.9 Å². The van der Waals surface area contributed by atoms with E-state index in [1.165, 1.54) is 55.5 Å². The quantitative estimate of drug-likeness (QED) is 0.249. The SMILES string of the molecule is CC(=O)S[C@H]1C[C@@H](C2CC2C(N)C(=O)OCc2ccc([N+](=O)[O-])cc2)N(C(=O)OCc2ccc([N+](=O)[O-])cc2)C1. The number of nitro benzene ring substituents is 2. The van der Waals surface area contributed by atoms with Gasteiger partial charge in [-0.25, -0.2) is 4.79 Å². The van der Waals surface area contributed by atoms with Gasteiger partial charge in [-0.3, -0.25) is 29.8 Å². The molecule has 2 aromatic rings. The van der Waals surface area contributed by atoms with E-state index in [0.29, 0.717) is 30.5 Å². The van der Waals surface area contributed by atoms with E-state index in [4.69, 9.17) is 15.2 Å². The van der Waals surface area contributed by atoms with Crippen molar-refractivity contribution in [1.29, 1.82) is 0 Å². The van der Waals surface area contributed by atoms with Crippen LogP contribution in [0.15, 0.2) is 48.5 Å². The van der Waals surface area contributed by atoms with Crippen molar-refractivity contribution in [2.75, 3.05) is 6.54 Å². The number of rotatable bonds is 10. The van der Waals surface area contributed by atoms with Gasteiger partial charge in [-0.2, -0.15) is 0 Å². The number of carbonyl (C=O) groups excluding carboxylic acids is 3. The molecule has 5 atom stereocenters. The van der Waals surface area contributed by atoms with Crippen LogP contribution >= 0.6 is 11.8 Å². The third-order valence-corrected chi connectivity index (χ3v) is 8.04. The summed E-state index contributed by atoms with van der Waals surface area (Å²) >= 11 is 1.16. The molecule has 2 aromatic carbocycles. The topological polar surface area (TPSA) is 185 Å². The van der Waals surface area contributed by atoms with Crippen molar-refractivity contribution in [3.8, 4) is 0 Å². The van der Waals surface area contributed by atoms with E-state index >= 15 is 0 Å². The highest BCUT2D eigenvalue weighted by molar-refractivity contribution is 8.14. The Bertz CT molecular complexity index is 1290. The van der Waals surface area contributed by atoms with Gasteiger partial charge in [0.05, 0.1) is 9.85 Å². The monoisotopic (exact) mass is 572 g/mol. The molecule has 40 heavy (non-hydrogen) atoms. The largest absolute Gasteiger partial charge is 0.460 e. The second-order valence-electron chi connectivity index (χ2n) is 9.79. The van der Waals surface area contributed by atoms with Gasteiger partial charge in [-0.1, -0.05) is 11.8 Å². The lowest BCUT2D eigenvalue weighted by Gasteiger charge is -2.25. The predicted molar refractivity (Wildman–Crippen MR) is 143 cm³/mol. The summed E-state index contributed by atoms with van der Waals surface area (Å²) in [5.74, 6) is -0.905. The number of esters is 1. The number of hydrogen-bond acceptors (Lipinski definition) is 11. The Morgan fingerprint density at radius 2 is 1.48 bits per heavy atom. The van der Waals surface area contributed by atoms with Gasteiger partial charge in [0.15, 0.2) is 5.12 Å². The second kappa shape index (κ2) is 12.4. The normalized spacial score (nSPS) is 22.3. The molecule has 1 amide bonds. The number of hydrogen-bond donors (Lipinski definition) is 1. The first-order valence-electron chi connectivity index (χ1n) is 12.5. The van der Waals surface area contributed by atoms with Gasteiger partial charge >= 0.3 is 12.1 Å². The molecule has 1 heterocycles. The Balaban J connectivity index is 1.34. The minimum absolute atomic E-state index is 0.0660. The van der Waals surface area contributed by atoms with E-state index < -0.39 is 28.0 Å². The molecule has 2 N–H and O–H groups in total. The molecule has 3 unspecified atom stereocenters. The van der Waals surface area contributed by atoms with E-state index in [2.05, 4.69) is 0 Å². The molecule has 0 aromatic heterocycles. The fourth-order valence-corrected chi connectivity index (χ4v) is 5.93. The first-order valence-corrected chi connectivity index (χ1v) is 13.4. The lowest BCUT2D eigenvalue weighted by atomic mass is 10.0. The summed E-state index contributed by atoms with van der Waals surface area (Å²) in [5, 5.41) is 21.4. The van der Waals surface area contributed by atoms with Crippen LogP contribution in [-0.2, 0) is 32.3 Å². The predicted octanol–water partition coefficient (Wildman–Crippen LogP) is 3.57. The van der Waals surface area contributed by atoms with E-state index in [1.807, 2.05) is 0 Å². The van der Waals surface area contributed by atoms with Gasteiger partial charge < -0.3 is 20.1 Å². The average Bonchev–Trinajstić information content (AvgIpc) is 3.62. The smallest absolute Gasteiger partial charge is 0.410 e. The van der Waals surface area contributed by atoms with E-state index in [1.54, 1.807) is 4.90 Å². The molecule has 0 bridgehead atoms. The lowest BCUT2D eigenvalue weighted by Crippen LogP contribution is -2.40. The number of carbonyl (C=O) groups is 3. The highest BCUT2D eigenvalue weighted by Gasteiger charge is 2.54. The number of thioether (sulfide) groups is 1. The van der Waals surface area contributed by atoms with Crippen LogP contribution in [0, 0.1) is 32.1 Å². The molecule has 0 radical (unpaired) electrons. The summed E-state index contributed by atoms with van der Waals surface area (Å²) < 4.78 is 10.8. The molecule has 13 nitrogen and oxygen atoms in total. The Labute approximate surface area is 233 Å². The number of nitrogens with zero attached hydrogens (tertiary/aromatic N) is 3. The summed E-state index contributed by atoms with van der Waals surface area (Å²) in [4.78, 5) is 59.6. The molecule has 2 aliphatic rings. The number of non-ortho nitro benzene ring substituents is 2. The van der Waals surface area contributed by atoms with Crippen LogP contribution in [-0.4, -0.2) is 55.8 Å². The fourth-order valence-electron chi connectivity index (χ4n) is 4.93. The van der Waals surface area contributed by atoms with Crippen LogP contribution in [0.4, 0.5) is 16.2 Å². The van der Waals surface area contributed by atoms with Crippen LogP contribution in [0.25, 0.3) is 0 Å². The van der Waals surface area contributed by atoms with E-state index in [-0.39, 0.29) is 52.8 Å². The third kappa shape index (κ3) is 7.12. The van der Waals surface area contributed by atoms with Crippen LogP contribution in [0.5, 0.6) is 0 Å². The van der Waals surface area contributed by atoms with E-state index in [0.717, 1.165) is 11.8 Å². The molecule has 1 saturated heterocycles. The fraction of sp³-hybridized carbons (Fsp3) is 0.423. The van der Waals surface area contributed by atoms with Crippen molar-refractivity contribution >= 4 is 40.3 Å². The summed E-state index contributed by atoms with van der Waals surface area (Å²) in [6.45, 7) is 1.61. The summed E-state index contributed by atoms with van der Waals surface area (Å²) in [6.07, 6.45) is 0.569. The Morgan fingerprint density at radius 1 is 0.950 bits per heavy atom. The van der Waals surface area contributed by atoms with Gasteiger partial charge in [0.2, 0.25) is 0 Å². The molecule has 4 rings (SSSR count). The van der Waals surface area contributed by atoms with Crippen LogP contribution in [0.3, 0.4) is 0 Å². The number of amides is 1. The molecular weight excluding hydrogens is 544 g/mol. The highest BCUT2D eigenvalue weighted by atomic mass is 32.2. The zero-order valence-corrected chi connectivity index (χ0v) is 22.4. The summed E-state index contributed by atoms with van der Waals surface area (Å²) in [7, 11) is 0. The number of likely N-dealkylation sites (tertiary alicyclic amines) is 1. The molecule has 1 saturated carbocycles. The number of nitrogens with two attached hydrogens (primary N) is 1. The zero-order valence-electron chi connectivity index (χ0n) is 21.5. The first-order chi connectivity index (χ1) is 19.0. The van der Waals surface area contributed by atoms with Crippen molar-refractivity contribution in [2.24, 2.45) is 17.6 Å². The van der Waals surface area contributed by atoms with Gasteiger partial charge in [-0.15, -0.1) is 0 Å². The maximum Gasteiger partial charge on any atom is 0.410 e. The molecule has 14 heteroatoms. The molecule has 1 aliphatic carbocycles. The van der Waals surface area contributed by atoms with Gasteiger partial charge in [-0.05, 0) is 60.1 Å². The van der Waals surface area contributed by atoms with Crippen molar-refractivity contribution in [1.82, 2.24) is 4.90 Å². The first kappa shape index (κ1) is 29.0. The Hall–Kier alpha value is -4.04. The standard InChI is InChI=1S/C26H28N4O9S/c1-15(31)40-20-10-23(28(12-20)26(33)39-14-17-4-8-19(9-5-17)30(36)37)21-11-22(21)24(27)25(32)38-13-16-2-6-18(7-3-16)29(34)35/h2-9,20-24H,10-14,27H2,1H3/t20-,21?,22?,23-,24?/m0/s1. The Kier molecular flexibility index (Phi) is 9.00. The minimum Gasteiger partial charge on any atom is -0.460 e. The molecule has 1 aliphatic heterocycles.